The lowest BCUT2D eigenvalue weighted by atomic mass is 10.1. The second-order valence-electron chi connectivity index (χ2n) is 4.54. The molecule has 0 aromatic carbocycles. The Balaban J connectivity index is 2.88. The third kappa shape index (κ3) is 13.5. The Bertz CT molecular complexity index is 144. The van der Waals surface area contributed by atoms with Crippen molar-refractivity contribution >= 4 is 0 Å². The first-order valence-electron chi connectivity index (χ1n) is 6.98. The van der Waals surface area contributed by atoms with Crippen LogP contribution < -0.4 is 11.5 Å². The number of unbranched alkanes of at least 4 members (excludes halogenated alkanes) is 10. The number of hydrogen-bond acceptors (Lipinski definition) is 2. The van der Waals surface area contributed by atoms with Crippen LogP contribution in [0.4, 0.5) is 0 Å². The van der Waals surface area contributed by atoms with Crippen LogP contribution in [0.15, 0.2) is 12.3 Å². The minimum Gasteiger partial charge on any atom is -0.405 e. The fourth-order valence-electron chi connectivity index (χ4n) is 1.92. The van der Waals surface area contributed by atoms with Gasteiger partial charge in [-0.1, -0.05) is 57.4 Å². The number of allylic oxidation sites excluding steroid dienone is 1. The average Bonchev–Trinajstić information content (AvgIpc) is 2.31. The molecule has 0 aromatic heterocycles. The monoisotopic (exact) mass is 226 g/mol. The number of rotatable bonds is 12. The molecule has 0 unspecified atom stereocenters. The fourth-order valence-corrected chi connectivity index (χ4v) is 1.92. The zero-order valence-corrected chi connectivity index (χ0v) is 10.8. The summed E-state index contributed by atoms with van der Waals surface area (Å²) in [6, 6.07) is 0. The SMILES string of the molecule is NC=CCCCCCCCCCCCCN. The molecule has 2 nitrogen and oxygen atoms in total. The van der Waals surface area contributed by atoms with E-state index in [-0.39, 0.29) is 0 Å². The van der Waals surface area contributed by atoms with E-state index in [0.29, 0.717) is 0 Å². The molecule has 96 valence electrons. The predicted octanol–water partition coefficient (Wildman–Crippen LogP) is 3.71. The summed E-state index contributed by atoms with van der Waals surface area (Å²) in [6.45, 7) is 0.858. The molecule has 0 aliphatic heterocycles. The normalized spacial score (nSPS) is 11.3. The van der Waals surface area contributed by atoms with Gasteiger partial charge in [-0.3, -0.25) is 0 Å². The highest BCUT2D eigenvalue weighted by Gasteiger charge is 1.92. The molecule has 0 bridgehead atoms. The molecule has 0 atom stereocenters. The minimum absolute atomic E-state index is 0.858. The summed E-state index contributed by atoms with van der Waals surface area (Å²) in [5.74, 6) is 0. The number of hydrogen-bond donors (Lipinski definition) is 2. The van der Waals surface area contributed by atoms with Gasteiger partial charge in [0.2, 0.25) is 0 Å². The van der Waals surface area contributed by atoms with Crippen LogP contribution in [0.1, 0.15) is 70.6 Å². The highest BCUT2D eigenvalue weighted by atomic mass is 14.5. The Morgan fingerprint density at radius 2 is 1.06 bits per heavy atom. The highest BCUT2D eigenvalue weighted by molar-refractivity contribution is 4.74. The molecule has 0 aliphatic carbocycles. The van der Waals surface area contributed by atoms with Gasteiger partial charge in [-0.25, -0.2) is 0 Å². The molecule has 0 rings (SSSR count). The molecular weight excluding hydrogens is 196 g/mol. The van der Waals surface area contributed by atoms with Gasteiger partial charge >= 0.3 is 0 Å². The molecule has 16 heavy (non-hydrogen) atoms. The van der Waals surface area contributed by atoms with E-state index in [1.807, 2.05) is 0 Å². The van der Waals surface area contributed by atoms with Gasteiger partial charge in [-0.05, 0) is 32.0 Å². The summed E-state index contributed by atoms with van der Waals surface area (Å²) in [5.41, 5.74) is 10.7. The van der Waals surface area contributed by atoms with E-state index < -0.39 is 0 Å². The van der Waals surface area contributed by atoms with Crippen molar-refractivity contribution in [3.8, 4) is 0 Å². The lowest BCUT2D eigenvalue weighted by Gasteiger charge is -2.01. The summed E-state index contributed by atoms with van der Waals surface area (Å²) >= 11 is 0. The van der Waals surface area contributed by atoms with Gasteiger partial charge < -0.3 is 11.5 Å². The molecule has 0 saturated carbocycles. The first kappa shape index (κ1) is 15.5. The van der Waals surface area contributed by atoms with Crippen molar-refractivity contribution in [2.75, 3.05) is 6.54 Å². The molecule has 0 fully saturated rings. The van der Waals surface area contributed by atoms with Crippen LogP contribution in [0.5, 0.6) is 0 Å². The van der Waals surface area contributed by atoms with Crippen molar-refractivity contribution in [2.45, 2.75) is 70.6 Å². The van der Waals surface area contributed by atoms with Crippen LogP contribution in [0, 0.1) is 0 Å². The third-order valence-corrected chi connectivity index (χ3v) is 2.96. The topological polar surface area (TPSA) is 52.0 Å². The van der Waals surface area contributed by atoms with Crippen LogP contribution in [0.3, 0.4) is 0 Å². The Hall–Kier alpha value is -0.500. The van der Waals surface area contributed by atoms with Crippen LogP contribution in [0.25, 0.3) is 0 Å². The van der Waals surface area contributed by atoms with Crippen molar-refractivity contribution in [1.29, 1.82) is 0 Å². The van der Waals surface area contributed by atoms with Crippen molar-refractivity contribution in [1.82, 2.24) is 0 Å². The maximum atomic E-state index is 5.45. The molecule has 0 amide bonds. The van der Waals surface area contributed by atoms with E-state index in [2.05, 4.69) is 6.08 Å². The summed E-state index contributed by atoms with van der Waals surface area (Å²) in [4.78, 5) is 0. The lowest BCUT2D eigenvalue weighted by Crippen LogP contribution is -1.97. The predicted molar refractivity (Wildman–Crippen MR) is 73.2 cm³/mol. The molecular formula is C14H30N2. The molecule has 0 saturated heterocycles. The molecule has 0 aliphatic rings. The second-order valence-corrected chi connectivity index (χ2v) is 4.54. The Morgan fingerprint density at radius 1 is 0.625 bits per heavy atom. The van der Waals surface area contributed by atoms with Gasteiger partial charge in [0.1, 0.15) is 0 Å². The molecule has 4 N–H and O–H groups in total. The Kier molecular flexibility index (Phi) is 14.0. The van der Waals surface area contributed by atoms with Gasteiger partial charge in [0.05, 0.1) is 0 Å². The Morgan fingerprint density at radius 3 is 1.50 bits per heavy atom. The maximum Gasteiger partial charge on any atom is -0.00773 e. The van der Waals surface area contributed by atoms with Gasteiger partial charge in [-0.15, -0.1) is 0 Å². The third-order valence-electron chi connectivity index (χ3n) is 2.96. The molecule has 0 aromatic rings. The van der Waals surface area contributed by atoms with Crippen LogP contribution in [-0.4, -0.2) is 6.54 Å². The van der Waals surface area contributed by atoms with Crippen molar-refractivity contribution in [3.63, 3.8) is 0 Å². The average molecular weight is 226 g/mol. The van der Waals surface area contributed by atoms with E-state index >= 15 is 0 Å². The largest absolute Gasteiger partial charge is 0.405 e. The summed E-state index contributed by atoms with van der Waals surface area (Å²) < 4.78 is 0. The first-order chi connectivity index (χ1) is 7.91. The highest BCUT2D eigenvalue weighted by Crippen LogP contribution is 2.11. The molecule has 0 radical (unpaired) electrons. The Labute approximate surface area is 101 Å². The van der Waals surface area contributed by atoms with E-state index in [0.717, 1.165) is 13.0 Å². The molecule has 2 heteroatoms. The smallest absolute Gasteiger partial charge is 0.00773 e. The van der Waals surface area contributed by atoms with Crippen LogP contribution >= 0.6 is 0 Å². The van der Waals surface area contributed by atoms with E-state index in [4.69, 9.17) is 11.5 Å². The van der Waals surface area contributed by atoms with Crippen molar-refractivity contribution < 1.29 is 0 Å². The standard InChI is InChI=1S/C14H30N2/c15-13-11-9-7-5-3-1-2-4-6-8-10-12-14-16/h11,13H,1-10,12,14-16H2. The zero-order chi connectivity index (χ0) is 11.9. The summed E-state index contributed by atoms with van der Waals surface area (Å²) in [7, 11) is 0. The first-order valence-corrected chi connectivity index (χ1v) is 6.98. The van der Waals surface area contributed by atoms with Gasteiger partial charge in [-0.2, -0.15) is 0 Å². The quantitative estimate of drug-likeness (QED) is 0.498. The van der Waals surface area contributed by atoms with Crippen molar-refractivity contribution in [2.24, 2.45) is 11.5 Å². The van der Waals surface area contributed by atoms with Gasteiger partial charge in [0.15, 0.2) is 0 Å². The number of nitrogens with two attached hydrogens (primary N) is 2. The van der Waals surface area contributed by atoms with Crippen LogP contribution in [0.2, 0.25) is 0 Å². The summed E-state index contributed by atoms with van der Waals surface area (Å²) in [6.07, 6.45) is 18.4. The summed E-state index contributed by atoms with van der Waals surface area (Å²) in [5, 5.41) is 0. The van der Waals surface area contributed by atoms with E-state index in [1.165, 1.54) is 64.2 Å². The fraction of sp³-hybridized carbons (Fsp3) is 0.857. The van der Waals surface area contributed by atoms with Gasteiger partial charge in [0.25, 0.3) is 0 Å². The molecule has 0 spiro atoms. The van der Waals surface area contributed by atoms with E-state index in [9.17, 15) is 0 Å². The minimum atomic E-state index is 0.858. The molecule has 0 heterocycles. The zero-order valence-electron chi connectivity index (χ0n) is 10.8. The maximum absolute atomic E-state index is 5.45. The van der Waals surface area contributed by atoms with Crippen LogP contribution in [-0.2, 0) is 0 Å². The van der Waals surface area contributed by atoms with Crippen molar-refractivity contribution in [3.05, 3.63) is 12.3 Å². The van der Waals surface area contributed by atoms with E-state index in [1.54, 1.807) is 6.20 Å². The van der Waals surface area contributed by atoms with Gasteiger partial charge in [0, 0.05) is 0 Å². The second kappa shape index (κ2) is 14.5. The lowest BCUT2D eigenvalue weighted by molar-refractivity contribution is 0.554.